The molecular formula is C21H21N3O. The lowest BCUT2D eigenvalue weighted by Gasteiger charge is -2.20. The first-order valence-corrected chi connectivity index (χ1v) is 8.75. The second kappa shape index (κ2) is 6.93. The van der Waals surface area contributed by atoms with Crippen molar-refractivity contribution in [3.05, 3.63) is 77.6 Å². The minimum Gasteiger partial charge on any atom is -0.342 e. The maximum absolute atomic E-state index is 12.6. The Morgan fingerprint density at radius 3 is 2.68 bits per heavy atom. The number of carbonyl (C=O) groups excluding carboxylic acids is 1. The van der Waals surface area contributed by atoms with Crippen molar-refractivity contribution in [2.75, 3.05) is 13.1 Å². The topological polar surface area (TPSA) is 49.0 Å². The quantitative estimate of drug-likeness (QED) is 0.738. The number of aromatic nitrogens is 2. The fourth-order valence-electron chi connectivity index (χ4n) is 3.35. The van der Waals surface area contributed by atoms with Crippen LogP contribution in [-0.2, 0) is 6.42 Å². The number of nitrogens with one attached hydrogen (secondary N) is 1. The highest BCUT2D eigenvalue weighted by Crippen LogP contribution is 2.19. The van der Waals surface area contributed by atoms with Crippen LogP contribution in [0.1, 0.15) is 29.0 Å². The molecule has 0 unspecified atom stereocenters. The first kappa shape index (κ1) is 15.6. The van der Waals surface area contributed by atoms with E-state index in [-0.39, 0.29) is 5.91 Å². The third-order valence-electron chi connectivity index (χ3n) is 4.68. The monoisotopic (exact) mass is 331 g/mol. The SMILES string of the molecule is O=C(c1ccccc1)N1CCC=C(Cc2nc3ccccc3[nH]2)CC1. The summed E-state index contributed by atoms with van der Waals surface area (Å²) in [7, 11) is 0. The summed E-state index contributed by atoms with van der Waals surface area (Å²) in [5.74, 6) is 1.12. The Morgan fingerprint density at radius 1 is 1.04 bits per heavy atom. The van der Waals surface area contributed by atoms with Crippen LogP contribution in [0.2, 0.25) is 0 Å². The molecule has 1 aliphatic rings. The van der Waals surface area contributed by atoms with Crippen molar-refractivity contribution in [1.82, 2.24) is 14.9 Å². The molecule has 4 nitrogen and oxygen atoms in total. The second-order valence-corrected chi connectivity index (χ2v) is 6.44. The van der Waals surface area contributed by atoms with Crippen LogP contribution in [0.25, 0.3) is 11.0 Å². The van der Waals surface area contributed by atoms with Gasteiger partial charge in [-0.05, 0) is 37.1 Å². The van der Waals surface area contributed by atoms with Crippen LogP contribution in [-0.4, -0.2) is 33.9 Å². The Bertz CT molecular complexity index is 878. The molecule has 1 amide bonds. The molecule has 126 valence electrons. The van der Waals surface area contributed by atoms with E-state index in [9.17, 15) is 4.79 Å². The van der Waals surface area contributed by atoms with Gasteiger partial charge in [0.1, 0.15) is 5.82 Å². The van der Waals surface area contributed by atoms with Crippen LogP contribution in [0.15, 0.2) is 66.2 Å². The number of hydrogen-bond acceptors (Lipinski definition) is 2. The fourth-order valence-corrected chi connectivity index (χ4v) is 3.35. The lowest BCUT2D eigenvalue weighted by atomic mass is 10.1. The average Bonchev–Trinajstić information content (AvgIpc) is 2.92. The number of benzene rings is 2. The van der Waals surface area contributed by atoms with Crippen molar-refractivity contribution in [2.24, 2.45) is 0 Å². The van der Waals surface area contributed by atoms with E-state index >= 15 is 0 Å². The van der Waals surface area contributed by atoms with Crippen molar-refractivity contribution in [1.29, 1.82) is 0 Å². The lowest BCUT2D eigenvalue weighted by molar-refractivity contribution is 0.0763. The van der Waals surface area contributed by atoms with Crippen LogP contribution in [0.4, 0.5) is 0 Å². The number of nitrogens with zero attached hydrogens (tertiary/aromatic N) is 2. The normalized spacial score (nSPS) is 15.0. The van der Waals surface area contributed by atoms with Crippen LogP contribution in [0.5, 0.6) is 0 Å². The number of hydrogen-bond donors (Lipinski definition) is 1. The average molecular weight is 331 g/mol. The largest absolute Gasteiger partial charge is 0.342 e. The van der Waals surface area contributed by atoms with Gasteiger partial charge in [-0.3, -0.25) is 4.79 Å². The summed E-state index contributed by atoms with van der Waals surface area (Å²) in [4.78, 5) is 22.6. The van der Waals surface area contributed by atoms with Gasteiger partial charge in [0.05, 0.1) is 11.0 Å². The van der Waals surface area contributed by atoms with E-state index in [1.165, 1.54) is 5.57 Å². The first-order valence-electron chi connectivity index (χ1n) is 8.75. The summed E-state index contributed by atoms with van der Waals surface area (Å²) in [6, 6.07) is 17.6. The summed E-state index contributed by atoms with van der Waals surface area (Å²) in [5.41, 5.74) is 4.20. The molecule has 3 aromatic rings. The van der Waals surface area contributed by atoms with Crippen molar-refractivity contribution < 1.29 is 4.79 Å². The molecule has 1 aliphatic heterocycles. The van der Waals surface area contributed by atoms with E-state index in [1.807, 2.05) is 59.5 Å². The predicted molar refractivity (Wildman–Crippen MR) is 99.5 cm³/mol. The number of aromatic amines is 1. The van der Waals surface area contributed by atoms with E-state index < -0.39 is 0 Å². The Labute approximate surface area is 147 Å². The smallest absolute Gasteiger partial charge is 0.253 e. The molecule has 0 bridgehead atoms. The molecule has 0 saturated heterocycles. The van der Waals surface area contributed by atoms with Crippen molar-refractivity contribution in [3.8, 4) is 0 Å². The maximum atomic E-state index is 12.6. The van der Waals surface area contributed by atoms with Gasteiger partial charge < -0.3 is 9.88 Å². The van der Waals surface area contributed by atoms with E-state index in [4.69, 9.17) is 0 Å². The highest BCUT2D eigenvalue weighted by atomic mass is 16.2. The van der Waals surface area contributed by atoms with E-state index in [1.54, 1.807) is 0 Å². The van der Waals surface area contributed by atoms with Gasteiger partial charge >= 0.3 is 0 Å². The van der Waals surface area contributed by atoms with Gasteiger partial charge in [0.2, 0.25) is 0 Å². The van der Waals surface area contributed by atoms with Crippen molar-refractivity contribution >= 4 is 16.9 Å². The molecule has 1 N–H and O–H groups in total. The molecule has 0 saturated carbocycles. The number of fused-ring (bicyclic) bond motifs is 1. The minimum atomic E-state index is 0.124. The van der Waals surface area contributed by atoms with Gasteiger partial charge in [0, 0.05) is 25.1 Å². The van der Waals surface area contributed by atoms with Crippen LogP contribution < -0.4 is 0 Å². The number of para-hydroxylation sites is 2. The Hall–Kier alpha value is -2.88. The molecule has 1 aromatic heterocycles. The molecule has 2 heterocycles. The van der Waals surface area contributed by atoms with Crippen molar-refractivity contribution in [3.63, 3.8) is 0 Å². The number of amides is 1. The van der Waals surface area contributed by atoms with Gasteiger partial charge in [-0.2, -0.15) is 0 Å². The van der Waals surface area contributed by atoms with Crippen LogP contribution >= 0.6 is 0 Å². The fraction of sp³-hybridized carbons (Fsp3) is 0.238. The molecule has 0 atom stereocenters. The molecule has 0 aliphatic carbocycles. The standard InChI is InChI=1S/C21H21N3O/c25-21(17-8-2-1-3-9-17)24-13-6-7-16(12-14-24)15-20-22-18-10-4-5-11-19(18)23-20/h1-5,7-11H,6,12-15H2,(H,22,23). The third kappa shape index (κ3) is 3.48. The van der Waals surface area contributed by atoms with Gasteiger partial charge in [-0.25, -0.2) is 4.98 Å². The molecule has 0 radical (unpaired) electrons. The summed E-state index contributed by atoms with van der Waals surface area (Å²) < 4.78 is 0. The van der Waals surface area contributed by atoms with Gasteiger partial charge in [0.15, 0.2) is 0 Å². The number of carbonyl (C=O) groups is 1. The summed E-state index contributed by atoms with van der Waals surface area (Å²) >= 11 is 0. The molecule has 4 rings (SSSR count). The third-order valence-corrected chi connectivity index (χ3v) is 4.68. The van der Waals surface area contributed by atoms with E-state index in [0.29, 0.717) is 0 Å². The Morgan fingerprint density at radius 2 is 1.84 bits per heavy atom. The highest BCUT2D eigenvalue weighted by molar-refractivity contribution is 5.94. The number of imidazole rings is 1. The van der Waals surface area contributed by atoms with Gasteiger partial charge in [-0.15, -0.1) is 0 Å². The Balaban J connectivity index is 1.42. The molecule has 2 aromatic carbocycles. The summed E-state index contributed by atoms with van der Waals surface area (Å²) in [6.07, 6.45) is 4.89. The van der Waals surface area contributed by atoms with E-state index in [2.05, 4.69) is 16.0 Å². The second-order valence-electron chi connectivity index (χ2n) is 6.44. The zero-order chi connectivity index (χ0) is 17.1. The zero-order valence-corrected chi connectivity index (χ0v) is 14.1. The Kier molecular flexibility index (Phi) is 4.34. The van der Waals surface area contributed by atoms with Crippen LogP contribution in [0, 0.1) is 0 Å². The molecule has 0 spiro atoms. The minimum absolute atomic E-state index is 0.124. The molecule has 0 fully saturated rings. The van der Waals surface area contributed by atoms with Gasteiger partial charge in [0.25, 0.3) is 5.91 Å². The maximum Gasteiger partial charge on any atom is 0.253 e. The zero-order valence-electron chi connectivity index (χ0n) is 14.1. The van der Waals surface area contributed by atoms with Crippen molar-refractivity contribution in [2.45, 2.75) is 19.3 Å². The highest BCUT2D eigenvalue weighted by Gasteiger charge is 2.18. The predicted octanol–water partition coefficient (Wildman–Crippen LogP) is 3.97. The lowest BCUT2D eigenvalue weighted by Crippen LogP contribution is -2.32. The van der Waals surface area contributed by atoms with E-state index in [0.717, 1.165) is 54.8 Å². The summed E-state index contributed by atoms with van der Waals surface area (Å²) in [5, 5.41) is 0. The molecule has 25 heavy (non-hydrogen) atoms. The number of rotatable bonds is 3. The van der Waals surface area contributed by atoms with Gasteiger partial charge in [-0.1, -0.05) is 42.0 Å². The summed E-state index contributed by atoms with van der Waals surface area (Å²) in [6.45, 7) is 1.54. The first-order chi connectivity index (χ1) is 12.3. The molecule has 4 heteroatoms. The van der Waals surface area contributed by atoms with Crippen LogP contribution in [0.3, 0.4) is 0 Å². The molecular weight excluding hydrogens is 310 g/mol. The number of H-pyrrole nitrogens is 1.